The minimum absolute atomic E-state index is 0.0385. The lowest BCUT2D eigenvalue weighted by Crippen LogP contribution is -2.40. The number of esters is 1. The Morgan fingerprint density at radius 3 is 2.67 bits per heavy atom. The van der Waals surface area contributed by atoms with Crippen LogP contribution in [0.2, 0.25) is 5.02 Å². The molecule has 1 atom stereocenters. The van der Waals surface area contributed by atoms with Gasteiger partial charge in [0.2, 0.25) is 0 Å². The number of hydrogen-bond acceptors (Lipinski definition) is 3. The number of amides is 1. The first-order valence-corrected chi connectivity index (χ1v) is 7.31. The zero-order chi connectivity index (χ0) is 15.4. The van der Waals surface area contributed by atoms with Crippen molar-refractivity contribution in [3.05, 3.63) is 34.6 Å². The number of ether oxygens (including phenoxy) is 1. The predicted molar refractivity (Wildman–Crippen MR) is 76.7 cm³/mol. The van der Waals surface area contributed by atoms with Crippen LogP contribution in [0.3, 0.4) is 0 Å². The van der Waals surface area contributed by atoms with E-state index in [2.05, 4.69) is 5.32 Å². The molecule has 6 heteroatoms. The minimum atomic E-state index is -0.917. The Kier molecular flexibility index (Phi) is 5.17. The highest BCUT2D eigenvalue weighted by Gasteiger charge is 2.24. The number of nitrogens with one attached hydrogen (secondary N) is 1. The van der Waals surface area contributed by atoms with Gasteiger partial charge in [0, 0.05) is 6.04 Å². The molecule has 0 unspecified atom stereocenters. The highest BCUT2D eigenvalue weighted by atomic mass is 35.5. The van der Waals surface area contributed by atoms with E-state index in [1.807, 2.05) is 0 Å². The molecule has 2 rings (SSSR count). The zero-order valence-corrected chi connectivity index (χ0v) is 12.5. The summed E-state index contributed by atoms with van der Waals surface area (Å²) in [5.74, 6) is -1.61. The quantitative estimate of drug-likeness (QED) is 0.869. The molecule has 0 heterocycles. The number of carbonyl (C=O) groups is 2. The predicted octanol–water partition coefficient (Wildman–Crippen LogP) is 3.08. The van der Waals surface area contributed by atoms with Crippen LogP contribution in [0.15, 0.2) is 18.2 Å². The van der Waals surface area contributed by atoms with Gasteiger partial charge in [-0.05, 0) is 38.0 Å². The maximum atomic E-state index is 12.9. The van der Waals surface area contributed by atoms with Gasteiger partial charge in [0.25, 0.3) is 5.91 Å². The maximum Gasteiger partial charge on any atom is 0.340 e. The Balaban J connectivity index is 1.93. The van der Waals surface area contributed by atoms with Crippen molar-refractivity contribution >= 4 is 23.5 Å². The third-order valence-electron chi connectivity index (χ3n) is 3.51. The molecule has 1 aliphatic carbocycles. The van der Waals surface area contributed by atoms with Gasteiger partial charge in [-0.25, -0.2) is 9.18 Å². The maximum absolute atomic E-state index is 12.9. The van der Waals surface area contributed by atoms with Gasteiger partial charge in [-0.3, -0.25) is 4.79 Å². The largest absolute Gasteiger partial charge is 0.449 e. The summed E-state index contributed by atoms with van der Waals surface area (Å²) in [5.41, 5.74) is 0.0404. The Labute approximate surface area is 127 Å². The van der Waals surface area contributed by atoms with E-state index in [9.17, 15) is 14.0 Å². The topological polar surface area (TPSA) is 55.4 Å². The molecule has 1 saturated carbocycles. The van der Waals surface area contributed by atoms with Crippen LogP contribution in [-0.2, 0) is 9.53 Å². The van der Waals surface area contributed by atoms with E-state index in [1.165, 1.54) is 13.0 Å². The van der Waals surface area contributed by atoms with Crippen molar-refractivity contribution in [3.8, 4) is 0 Å². The molecule has 1 aromatic carbocycles. The summed E-state index contributed by atoms with van der Waals surface area (Å²) in [7, 11) is 0. The molecule has 4 nitrogen and oxygen atoms in total. The molecule has 114 valence electrons. The van der Waals surface area contributed by atoms with Crippen LogP contribution in [0.4, 0.5) is 4.39 Å². The molecule has 0 aliphatic heterocycles. The van der Waals surface area contributed by atoms with Crippen molar-refractivity contribution in [1.29, 1.82) is 0 Å². The van der Waals surface area contributed by atoms with Gasteiger partial charge >= 0.3 is 5.97 Å². The third-order valence-corrected chi connectivity index (χ3v) is 3.82. The molecule has 0 spiro atoms. The smallest absolute Gasteiger partial charge is 0.340 e. The molecule has 1 fully saturated rings. The van der Waals surface area contributed by atoms with E-state index >= 15 is 0 Å². The van der Waals surface area contributed by atoms with Gasteiger partial charge in [-0.1, -0.05) is 24.4 Å². The van der Waals surface area contributed by atoms with E-state index in [0.29, 0.717) is 0 Å². The molecule has 1 amide bonds. The summed E-state index contributed by atoms with van der Waals surface area (Å²) >= 11 is 5.78. The number of carbonyl (C=O) groups excluding carboxylic acids is 2. The second kappa shape index (κ2) is 6.89. The molecule has 1 aromatic rings. The lowest BCUT2D eigenvalue weighted by atomic mass is 10.2. The first kappa shape index (κ1) is 15.8. The van der Waals surface area contributed by atoms with Crippen molar-refractivity contribution < 1.29 is 18.7 Å². The first-order chi connectivity index (χ1) is 9.97. The van der Waals surface area contributed by atoms with Crippen LogP contribution >= 0.6 is 11.6 Å². The molecule has 0 bridgehead atoms. The fourth-order valence-corrected chi connectivity index (χ4v) is 2.57. The highest BCUT2D eigenvalue weighted by molar-refractivity contribution is 6.33. The van der Waals surface area contributed by atoms with Gasteiger partial charge in [-0.15, -0.1) is 0 Å². The summed E-state index contributed by atoms with van der Waals surface area (Å²) in [6.45, 7) is 1.50. The van der Waals surface area contributed by atoms with Crippen LogP contribution in [0.5, 0.6) is 0 Å². The minimum Gasteiger partial charge on any atom is -0.449 e. The lowest BCUT2D eigenvalue weighted by Gasteiger charge is -2.17. The second-order valence-electron chi connectivity index (χ2n) is 5.16. The molecule has 1 aliphatic rings. The van der Waals surface area contributed by atoms with Crippen LogP contribution in [0, 0.1) is 5.82 Å². The fourth-order valence-electron chi connectivity index (χ4n) is 2.32. The Bertz CT molecular complexity index is 544. The highest BCUT2D eigenvalue weighted by Crippen LogP contribution is 2.20. The molecular formula is C15H17ClFNO3. The Morgan fingerprint density at radius 1 is 1.38 bits per heavy atom. The number of benzene rings is 1. The molecule has 0 saturated heterocycles. The van der Waals surface area contributed by atoms with Crippen molar-refractivity contribution in [2.45, 2.75) is 44.8 Å². The average Bonchev–Trinajstić information content (AvgIpc) is 2.91. The van der Waals surface area contributed by atoms with Crippen LogP contribution in [0.1, 0.15) is 43.0 Å². The van der Waals surface area contributed by atoms with E-state index in [0.717, 1.165) is 37.8 Å². The van der Waals surface area contributed by atoms with E-state index < -0.39 is 17.9 Å². The van der Waals surface area contributed by atoms with Crippen LogP contribution < -0.4 is 5.32 Å². The summed E-state index contributed by atoms with van der Waals surface area (Å²) in [4.78, 5) is 23.8. The summed E-state index contributed by atoms with van der Waals surface area (Å²) in [6.07, 6.45) is 3.19. The molecule has 0 aromatic heterocycles. The molecule has 21 heavy (non-hydrogen) atoms. The van der Waals surface area contributed by atoms with Gasteiger partial charge in [0.05, 0.1) is 10.6 Å². The standard InChI is InChI=1S/C15H17ClFNO3/c1-9(14(19)18-11-4-2-3-5-11)21-15(20)12-7-6-10(17)8-13(12)16/h6-9,11H,2-5H2,1H3,(H,18,19)/t9-/m0/s1. The van der Waals surface area contributed by atoms with Crippen molar-refractivity contribution in [2.75, 3.05) is 0 Å². The SMILES string of the molecule is C[C@H](OC(=O)c1ccc(F)cc1Cl)C(=O)NC1CCCC1. The monoisotopic (exact) mass is 313 g/mol. The Hall–Kier alpha value is -1.62. The average molecular weight is 314 g/mol. The van der Waals surface area contributed by atoms with Gasteiger partial charge < -0.3 is 10.1 Å². The summed E-state index contributed by atoms with van der Waals surface area (Å²) in [6, 6.07) is 3.54. The van der Waals surface area contributed by atoms with Crippen molar-refractivity contribution in [1.82, 2.24) is 5.32 Å². The Morgan fingerprint density at radius 2 is 2.05 bits per heavy atom. The number of rotatable bonds is 4. The van der Waals surface area contributed by atoms with Crippen LogP contribution in [0.25, 0.3) is 0 Å². The van der Waals surface area contributed by atoms with E-state index in [4.69, 9.17) is 16.3 Å². The van der Waals surface area contributed by atoms with Gasteiger partial charge in [0.1, 0.15) is 5.82 Å². The lowest BCUT2D eigenvalue weighted by molar-refractivity contribution is -0.129. The first-order valence-electron chi connectivity index (χ1n) is 6.94. The second-order valence-corrected chi connectivity index (χ2v) is 5.57. The van der Waals surface area contributed by atoms with E-state index in [1.54, 1.807) is 0 Å². The van der Waals surface area contributed by atoms with Gasteiger partial charge in [-0.2, -0.15) is 0 Å². The number of halogens is 2. The van der Waals surface area contributed by atoms with E-state index in [-0.39, 0.29) is 22.5 Å². The third kappa shape index (κ3) is 4.17. The van der Waals surface area contributed by atoms with Crippen molar-refractivity contribution in [3.63, 3.8) is 0 Å². The normalized spacial score (nSPS) is 16.5. The van der Waals surface area contributed by atoms with Crippen LogP contribution in [-0.4, -0.2) is 24.0 Å². The van der Waals surface area contributed by atoms with Gasteiger partial charge in [0.15, 0.2) is 6.10 Å². The number of hydrogen-bond donors (Lipinski definition) is 1. The fraction of sp³-hybridized carbons (Fsp3) is 0.467. The summed E-state index contributed by atoms with van der Waals surface area (Å²) < 4.78 is 18.0. The molecule has 1 N–H and O–H groups in total. The summed E-state index contributed by atoms with van der Waals surface area (Å²) in [5, 5.41) is 2.81. The van der Waals surface area contributed by atoms with Crippen molar-refractivity contribution in [2.24, 2.45) is 0 Å². The zero-order valence-electron chi connectivity index (χ0n) is 11.7. The molecule has 0 radical (unpaired) electrons. The molecular weight excluding hydrogens is 297 g/mol.